The Labute approximate surface area is 177 Å². The molecule has 0 aliphatic rings. The second-order valence-electron chi connectivity index (χ2n) is 5.97. The largest absolute Gasteiger partial charge is 0.417 e. The molecule has 0 bridgehead atoms. The van der Waals surface area contributed by atoms with E-state index in [4.69, 9.17) is 23.2 Å². The van der Waals surface area contributed by atoms with Crippen molar-refractivity contribution >= 4 is 35.0 Å². The minimum atomic E-state index is -4.67. The molecule has 1 aromatic heterocycles. The van der Waals surface area contributed by atoms with Crippen molar-refractivity contribution in [2.75, 3.05) is 12.0 Å². The van der Waals surface area contributed by atoms with Crippen molar-refractivity contribution in [1.82, 2.24) is 14.8 Å². The monoisotopic (exact) mass is 465 g/mol. The second kappa shape index (κ2) is 8.51. The Balaban J connectivity index is 2.17. The number of aromatic nitrogens is 3. The van der Waals surface area contributed by atoms with Gasteiger partial charge in [0.2, 0.25) is 0 Å². The van der Waals surface area contributed by atoms with Crippen LogP contribution in [0.3, 0.4) is 0 Å². The number of aliphatic hydroxyl groups is 1. The Hall–Kier alpha value is -1.81. The minimum absolute atomic E-state index is 0.0174. The Morgan fingerprint density at radius 2 is 1.86 bits per heavy atom. The van der Waals surface area contributed by atoms with Crippen LogP contribution in [0, 0.1) is 5.82 Å². The molecule has 1 heterocycles. The van der Waals surface area contributed by atoms with Gasteiger partial charge in [-0.15, -0.1) is 5.10 Å². The van der Waals surface area contributed by atoms with Gasteiger partial charge in [-0.25, -0.2) is 14.1 Å². The summed E-state index contributed by atoms with van der Waals surface area (Å²) < 4.78 is 54.3. The standard InChI is InChI=1S/C18H13Cl2F4N3OS/c1-29-8-15(28)17-25-16(9-2-5-14(21)13(20)6-9)26-27(17)10-3-4-12(19)11(7-10)18(22,23)24/h2-7,15,28H,8H2,1H3. The zero-order valence-corrected chi connectivity index (χ0v) is 17.0. The molecule has 3 aromatic rings. The van der Waals surface area contributed by atoms with Gasteiger partial charge in [-0.2, -0.15) is 24.9 Å². The summed E-state index contributed by atoms with van der Waals surface area (Å²) in [4.78, 5) is 4.25. The predicted octanol–water partition coefficient (Wildman–Crippen LogP) is 5.80. The van der Waals surface area contributed by atoms with E-state index in [2.05, 4.69) is 10.1 Å². The van der Waals surface area contributed by atoms with Gasteiger partial charge < -0.3 is 5.11 Å². The van der Waals surface area contributed by atoms with E-state index in [0.717, 1.165) is 22.9 Å². The molecule has 29 heavy (non-hydrogen) atoms. The van der Waals surface area contributed by atoms with Crippen molar-refractivity contribution < 1.29 is 22.7 Å². The Morgan fingerprint density at radius 3 is 2.48 bits per heavy atom. The van der Waals surface area contributed by atoms with Gasteiger partial charge in [-0.1, -0.05) is 23.2 Å². The molecule has 0 fully saturated rings. The Bertz CT molecular complexity index is 1040. The third-order valence-corrected chi connectivity index (χ3v) is 5.20. The molecule has 3 rings (SSSR count). The third kappa shape index (κ3) is 4.69. The van der Waals surface area contributed by atoms with Crippen molar-refractivity contribution in [2.24, 2.45) is 0 Å². The fraction of sp³-hybridized carbons (Fsp3) is 0.222. The van der Waals surface area contributed by atoms with Crippen molar-refractivity contribution in [3.05, 3.63) is 63.6 Å². The molecule has 1 atom stereocenters. The molecule has 154 valence electrons. The van der Waals surface area contributed by atoms with Gasteiger partial charge in [0, 0.05) is 11.3 Å². The topological polar surface area (TPSA) is 50.9 Å². The molecule has 1 N–H and O–H groups in total. The highest BCUT2D eigenvalue weighted by molar-refractivity contribution is 7.98. The second-order valence-corrected chi connectivity index (χ2v) is 7.69. The normalized spacial score (nSPS) is 13.0. The molecular weight excluding hydrogens is 453 g/mol. The lowest BCUT2D eigenvalue weighted by molar-refractivity contribution is -0.137. The number of alkyl halides is 3. The van der Waals surface area contributed by atoms with Gasteiger partial charge in [0.05, 0.1) is 21.3 Å². The van der Waals surface area contributed by atoms with Crippen molar-refractivity contribution in [1.29, 1.82) is 0 Å². The van der Waals surface area contributed by atoms with Gasteiger partial charge >= 0.3 is 6.18 Å². The minimum Gasteiger partial charge on any atom is -0.384 e. The van der Waals surface area contributed by atoms with E-state index in [-0.39, 0.29) is 28.1 Å². The SMILES string of the molecule is CSCC(O)c1nc(-c2ccc(F)c(Cl)c2)nn1-c1ccc(Cl)c(C(F)(F)F)c1. The maximum atomic E-state index is 13.4. The molecule has 0 radical (unpaired) electrons. The molecule has 0 saturated carbocycles. The Morgan fingerprint density at radius 1 is 1.14 bits per heavy atom. The lowest BCUT2D eigenvalue weighted by Gasteiger charge is -2.13. The highest BCUT2D eigenvalue weighted by atomic mass is 35.5. The molecule has 11 heteroatoms. The molecule has 2 aromatic carbocycles. The van der Waals surface area contributed by atoms with Crippen LogP contribution in [0.5, 0.6) is 0 Å². The summed E-state index contributed by atoms with van der Waals surface area (Å²) in [5.41, 5.74) is -0.676. The van der Waals surface area contributed by atoms with Crippen molar-refractivity contribution in [3.63, 3.8) is 0 Å². The summed E-state index contributed by atoms with van der Waals surface area (Å²) in [5, 5.41) is 14.0. The van der Waals surface area contributed by atoms with Crippen molar-refractivity contribution in [3.8, 4) is 17.1 Å². The molecule has 0 spiro atoms. The molecule has 0 amide bonds. The fourth-order valence-corrected chi connectivity index (χ4v) is 3.45. The van der Waals surface area contributed by atoms with Crippen LogP contribution in [0.25, 0.3) is 17.1 Å². The summed E-state index contributed by atoms with van der Waals surface area (Å²) in [6.07, 6.45) is -4.01. The van der Waals surface area contributed by atoms with Crippen LogP contribution in [0.4, 0.5) is 17.6 Å². The molecule has 1 unspecified atom stereocenters. The van der Waals surface area contributed by atoms with Crippen LogP contribution >= 0.6 is 35.0 Å². The highest BCUT2D eigenvalue weighted by Gasteiger charge is 2.34. The predicted molar refractivity (Wildman–Crippen MR) is 105 cm³/mol. The van der Waals surface area contributed by atoms with Crippen LogP contribution in [-0.4, -0.2) is 31.9 Å². The zero-order valence-electron chi connectivity index (χ0n) is 14.7. The van der Waals surface area contributed by atoms with Gasteiger partial charge in [0.25, 0.3) is 0 Å². The first-order chi connectivity index (χ1) is 13.6. The zero-order chi connectivity index (χ0) is 21.3. The first-order valence-corrected chi connectivity index (χ1v) is 10.2. The van der Waals surface area contributed by atoms with Crippen LogP contribution in [0.2, 0.25) is 10.0 Å². The number of rotatable bonds is 5. The van der Waals surface area contributed by atoms with Crippen LogP contribution in [0.1, 0.15) is 17.5 Å². The number of benzene rings is 2. The average molecular weight is 466 g/mol. The van der Waals surface area contributed by atoms with E-state index in [0.29, 0.717) is 5.56 Å². The summed E-state index contributed by atoms with van der Waals surface area (Å²) in [5.74, 6) is -0.289. The van der Waals surface area contributed by atoms with Gasteiger partial charge in [0.15, 0.2) is 11.6 Å². The first-order valence-electron chi connectivity index (χ1n) is 8.08. The third-order valence-electron chi connectivity index (χ3n) is 3.93. The number of hydrogen-bond acceptors (Lipinski definition) is 4. The van der Waals surface area contributed by atoms with E-state index >= 15 is 0 Å². The highest BCUT2D eigenvalue weighted by Crippen LogP contribution is 2.36. The lowest BCUT2D eigenvalue weighted by Crippen LogP contribution is -2.12. The molecule has 0 aliphatic carbocycles. The van der Waals surface area contributed by atoms with Gasteiger partial charge in [0.1, 0.15) is 11.9 Å². The van der Waals surface area contributed by atoms with E-state index in [1.807, 2.05) is 0 Å². The molecule has 0 saturated heterocycles. The summed E-state index contributed by atoms with van der Waals surface area (Å²) in [6, 6.07) is 7.07. The van der Waals surface area contributed by atoms with Crippen LogP contribution < -0.4 is 0 Å². The van der Waals surface area contributed by atoms with Gasteiger partial charge in [-0.3, -0.25) is 0 Å². The number of thioether (sulfide) groups is 1. The van der Waals surface area contributed by atoms with Crippen LogP contribution in [-0.2, 0) is 6.18 Å². The summed E-state index contributed by atoms with van der Waals surface area (Å²) >= 11 is 12.8. The van der Waals surface area contributed by atoms with Crippen LogP contribution in [0.15, 0.2) is 36.4 Å². The molecule has 4 nitrogen and oxygen atoms in total. The van der Waals surface area contributed by atoms with Crippen molar-refractivity contribution in [2.45, 2.75) is 12.3 Å². The fourth-order valence-electron chi connectivity index (χ4n) is 2.58. The van der Waals surface area contributed by atoms with E-state index in [1.54, 1.807) is 6.26 Å². The quantitative estimate of drug-likeness (QED) is 0.484. The maximum absolute atomic E-state index is 13.4. The smallest absolute Gasteiger partial charge is 0.384 e. The summed E-state index contributed by atoms with van der Waals surface area (Å²) in [7, 11) is 0. The Kier molecular flexibility index (Phi) is 6.42. The maximum Gasteiger partial charge on any atom is 0.417 e. The van der Waals surface area contributed by atoms with E-state index in [9.17, 15) is 22.7 Å². The number of nitrogens with zero attached hydrogens (tertiary/aromatic N) is 3. The number of aliphatic hydroxyl groups excluding tert-OH is 1. The average Bonchev–Trinajstić information content (AvgIpc) is 3.09. The van der Waals surface area contributed by atoms with Gasteiger partial charge in [-0.05, 0) is 42.7 Å². The first kappa shape index (κ1) is 21.9. The lowest BCUT2D eigenvalue weighted by atomic mass is 10.2. The summed E-state index contributed by atoms with van der Waals surface area (Å²) in [6.45, 7) is 0. The molecule has 0 aliphatic heterocycles. The molecular formula is C18H13Cl2F4N3OS. The van der Waals surface area contributed by atoms with E-state index in [1.165, 1.54) is 30.0 Å². The number of hydrogen-bond donors (Lipinski definition) is 1. The van der Waals surface area contributed by atoms with E-state index < -0.39 is 28.7 Å². The number of halogens is 6.